The van der Waals surface area contributed by atoms with Crippen molar-refractivity contribution in [3.8, 4) is 0 Å². The van der Waals surface area contributed by atoms with Crippen LogP contribution < -0.4 is 11.5 Å². The van der Waals surface area contributed by atoms with E-state index in [2.05, 4.69) is 48.5 Å². The van der Waals surface area contributed by atoms with E-state index in [0.29, 0.717) is 23.9 Å². The summed E-state index contributed by atoms with van der Waals surface area (Å²) in [7, 11) is -4.67. The molecule has 6 nitrogen and oxygen atoms in total. The normalized spacial score (nSPS) is 26.4. The van der Waals surface area contributed by atoms with Gasteiger partial charge < -0.3 is 11.5 Å². The Hall–Kier alpha value is -1.77. The summed E-state index contributed by atoms with van der Waals surface area (Å²) in [5, 5.41) is 0. The van der Waals surface area contributed by atoms with Crippen LogP contribution in [-0.4, -0.2) is 29.6 Å². The van der Waals surface area contributed by atoms with Gasteiger partial charge in [-0.2, -0.15) is 8.42 Å². The highest BCUT2D eigenvalue weighted by atomic mass is 32.3. The molecule has 0 heterocycles. The Balaban J connectivity index is 0.000000144. The van der Waals surface area contributed by atoms with Gasteiger partial charge in [-0.1, -0.05) is 60.7 Å². The van der Waals surface area contributed by atoms with Crippen LogP contribution in [0.25, 0.3) is 0 Å². The predicted molar refractivity (Wildman–Crippen MR) is 97.7 cm³/mol. The lowest BCUT2D eigenvalue weighted by molar-refractivity contribution is 0.381. The van der Waals surface area contributed by atoms with E-state index < -0.39 is 10.4 Å². The van der Waals surface area contributed by atoms with Gasteiger partial charge in [0.05, 0.1) is 0 Å². The molecule has 136 valence electrons. The third kappa shape index (κ3) is 7.76. The van der Waals surface area contributed by atoms with Crippen LogP contribution >= 0.6 is 0 Å². The molecule has 25 heavy (non-hydrogen) atoms. The number of benzene rings is 2. The molecule has 6 N–H and O–H groups in total. The van der Waals surface area contributed by atoms with E-state index in [0.717, 1.165) is 0 Å². The molecule has 2 aliphatic rings. The van der Waals surface area contributed by atoms with E-state index >= 15 is 0 Å². The molecule has 0 aromatic heterocycles. The van der Waals surface area contributed by atoms with Crippen LogP contribution in [0.3, 0.4) is 0 Å². The molecule has 0 amide bonds. The highest BCUT2D eigenvalue weighted by molar-refractivity contribution is 7.79. The van der Waals surface area contributed by atoms with Gasteiger partial charge in [0.1, 0.15) is 0 Å². The van der Waals surface area contributed by atoms with Gasteiger partial charge in [-0.05, 0) is 24.0 Å². The summed E-state index contributed by atoms with van der Waals surface area (Å²) in [5.41, 5.74) is 14.2. The number of hydrogen-bond acceptors (Lipinski definition) is 4. The molecule has 0 saturated heterocycles. The Labute approximate surface area is 148 Å². The van der Waals surface area contributed by atoms with Crippen molar-refractivity contribution >= 4 is 10.4 Å². The highest BCUT2D eigenvalue weighted by Gasteiger charge is 2.34. The van der Waals surface area contributed by atoms with Crippen LogP contribution in [0.2, 0.25) is 0 Å². The van der Waals surface area contributed by atoms with Gasteiger partial charge in [0.25, 0.3) is 0 Å². The summed E-state index contributed by atoms with van der Waals surface area (Å²) in [6.07, 6.45) is 2.34. The summed E-state index contributed by atoms with van der Waals surface area (Å²) in [5.74, 6) is 1.31. The van der Waals surface area contributed by atoms with E-state index in [-0.39, 0.29) is 0 Å². The van der Waals surface area contributed by atoms with Crippen molar-refractivity contribution < 1.29 is 17.5 Å². The van der Waals surface area contributed by atoms with Crippen LogP contribution in [0.4, 0.5) is 0 Å². The zero-order valence-electron chi connectivity index (χ0n) is 13.8. The topological polar surface area (TPSA) is 127 Å². The average Bonchev–Trinajstić information content (AvgIpc) is 3.47. The molecule has 0 aliphatic heterocycles. The molecule has 2 aromatic carbocycles. The van der Waals surface area contributed by atoms with Crippen molar-refractivity contribution in [1.29, 1.82) is 0 Å². The summed E-state index contributed by atoms with van der Waals surface area (Å²) < 4.78 is 31.6. The fourth-order valence-corrected chi connectivity index (χ4v) is 2.60. The summed E-state index contributed by atoms with van der Waals surface area (Å²) in [4.78, 5) is 0. The Bertz CT molecular complexity index is 694. The average molecular weight is 364 g/mol. The molecule has 4 rings (SSSR count). The quantitative estimate of drug-likeness (QED) is 0.606. The second kappa shape index (κ2) is 8.55. The minimum absolute atomic E-state index is 0.433. The van der Waals surface area contributed by atoms with Crippen LogP contribution in [0.5, 0.6) is 0 Å². The SMILES string of the molecule is N[C@@H]1C[C@@H]1c1ccccc1.N[C@@H]1C[C@H]1c1ccccc1.O=S(=O)(O)O. The van der Waals surface area contributed by atoms with Crippen molar-refractivity contribution in [3.05, 3.63) is 71.8 Å². The van der Waals surface area contributed by atoms with E-state index in [1.54, 1.807) is 0 Å². The number of nitrogens with two attached hydrogens (primary N) is 2. The van der Waals surface area contributed by atoms with Gasteiger partial charge >= 0.3 is 10.4 Å². The van der Waals surface area contributed by atoms with Crippen molar-refractivity contribution in [2.75, 3.05) is 0 Å². The maximum atomic E-state index is 8.74. The van der Waals surface area contributed by atoms with Crippen LogP contribution in [-0.2, 0) is 10.4 Å². The van der Waals surface area contributed by atoms with Gasteiger partial charge in [0, 0.05) is 23.9 Å². The first-order chi connectivity index (χ1) is 11.8. The minimum Gasteiger partial charge on any atom is -0.327 e. The molecule has 7 heteroatoms. The molecule has 2 aromatic rings. The zero-order chi connectivity index (χ0) is 18.4. The molecule has 2 saturated carbocycles. The maximum Gasteiger partial charge on any atom is 0.394 e. The van der Waals surface area contributed by atoms with Crippen LogP contribution in [0.1, 0.15) is 35.8 Å². The second-order valence-corrected chi connectivity index (χ2v) is 7.18. The van der Waals surface area contributed by atoms with Gasteiger partial charge in [-0.3, -0.25) is 9.11 Å². The number of rotatable bonds is 2. The van der Waals surface area contributed by atoms with Gasteiger partial charge in [0.15, 0.2) is 0 Å². The minimum atomic E-state index is -4.67. The lowest BCUT2D eigenvalue weighted by Crippen LogP contribution is -2.00. The second-order valence-electron chi connectivity index (χ2n) is 6.28. The Morgan fingerprint density at radius 3 is 1.16 bits per heavy atom. The Morgan fingerprint density at radius 1 is 0.720 bits per heavy atom. The summed E-state index contributed by atoms with van der Waals surface area (Å²) in [6.45, 7) is 0. The standard InChI is InChI=1S/2C9H11N.H2O4S/c2*10-9-6-8(9)7-4-2-1-3-5-7;1-5(2,3)4/h2*1-5,8-9H,6,10H2;(H2,1,2,3,4)/t8-,9+;8-,9-;/m01./s1. The first-order valence-corrected chi connectivity index (χ1v) is 9.46. The van der Waals surface area contributed by atoms with E-state index in [1.807, 2.05) is 12.1 Å². The van der Waals surface area contributed by atoms with Gasteiger partial charge in [-0.15, -0.1) is 0 Å². The molecule has 4 atom stereocenters. The first-order valence-electron chi connectivity index (χ1n) is 8.06. The van der Waals surface area contributed by atoms with E-state index in [9.17, 15) is 0 Å². The Kier molecular flexibility index (Phi) is 6.69. The molecule has 0 bridgehead atoms. The number of hydrogen-bond donors (Lipinski definition) is 4. The van der Waals surface area contributed by atoms with Crippen molar-refractivity contribution in [2.45, 2.75) is 36.8 Å². The molecule has 0 spiro atoms. The zero-order valence-corrected chi connectivity index (χ0v) is 14.6. The molecular formula is C18H24N2O4S. The van der Waals surface area contributed by atoms with Crippen LogP contribution in [0, 0.1) is 0 Å². The fourth-order valence-electron chi connectivity index (χ4n) is 2.60. The molecule has 2 aliphatic carbocycles. The maximum absolute atomic E-state index is 8.74. The third-order valence-corrected chi connectivity index (χ3v) is 4.14. The molecule has 0 radical (unpaired) electrons. The largest absolute Gasteiger partial charge is 0.394 e. The van der Waals surface area contributed by atoms with Gasteiger partial charge in [-0.25, -0.2) is 0 Å². The predicted octanol–water partition coefficient (Wildman–Crippen LogP) is 2.35. The van der Waals surface area contributed by atoms with Crippen molar-refractivity contribution in [2.24, 2.45) is 11.5 Å². The highest BCUT2D eigenvalue weighted by Crippen LogP contribution is 2.39. The summed E-state index contributed by atoms with van der Waals surface area (Å²) >= 11 is 0. The van der Waals surface area contributed by atoms with Crippen molar-refractivity contribution in [1.82, 2.24) is 0 Å². The first kappa shape index (κ1) is 19.6. The lowest BCUT2D eigenvalue weighted by atomic mass is 10.1. The van der Waals surface area contributed by atoms with Crippen molar-refractivity contribution in [3.63, 3.8) is 0 Å². The molecule has 2 fully saturated rings. The summed E-state index contributed by atoms with van der Waals surface area (Å²) in [6, 6.07) is 21.8. The Morgan fingerprint density at radius 2 is 0.960 bits per heavy atom. The fraction of sp³-hybridized carbons (Fsp3) is 0.333. The third-order valence-electron chi connectivity index (χ3n) is 4.14. The molecular weight excluding hydrogens is 340 g/mol. The lowest BCUT2D eigenvalue weighted by Gasteiger charge is -1.94. The van der Waals surface area contributed by atoms with Gasteiger partial charge in [0.2, 0.25) is 0 Å². The van der Waals surface area contributed by atoms with E-state index in [1.165, 1.54) is 24.0 Å². The smallest absolute Gasteiger partial charge is 0.327 e. The van der Waals surface area contributed by atoms with E-state index in [4.69, 9.17) is 29.0 Å². The molecule has 0 unspecified atom stereocenters. The van der Waals surface area contributed by atoms with Crippen LogP contribution in [0.15, 0.2) is 60.7 Å². The monoisotopic (exact) mass is 364 g/mol.